The molecule has 174 valence electrons. The number of methoxy groups -OCH3 is 1. The van der Waals surface area contributed by atoms with E-state index in [0.717, 1.165) is 0 Å². The Kier molecular flexibility index (Phi) is 7.90. The number of hydrogen-bond acceptors (Lipinski definition) is 8. The number of carbonyl (C=O) groups is 2. The second kappa shape index (κ2) is 11.2. The van der Waals surface area contributed by atoms with Crippen molar-refractivity contribution in [3.63, 3.8) is 0 Å². The summed E-state index contributed by atoms with van der Waals surface area (Å²) >= 11 is 0. The third kappa shape index (κ3) is 6.39. The van der Waals surface area contributed by atoms with Gasteiger partial charge in [-0.05, 0) is 54.4 Å². The molecule has 1 N–H and O–H groups in total. The molecule has 1 amide bonds. The Morgan fingerprint density at radius 3 is 2.47 bits per heavy atom. The number of rotatable bonds is 9. The van der Waals surface area contributed by atoms with Crippen LogP contribution in [0.1, 0.15) is 21.5 Å². The van der Waals surface area contributed by atoms with Crippen molar-refractivity contribution in [3.05, 3.63) is 93.5 Å². The first-order valence-corrected chi connectivity index (χ1v) is 10.0. The summed E-state index contributed by atoms with van der Waals surface area (Å²) in [5.74, 6) is -0.617. The van der Waals surface area contributed by atoms with Crippen LogP contribution in [0.25, 0.3) is 0 Å². The molecule has 0 fully saturated rings. The predicted molar refractivity (Wildman–Crippen MR) is 123 cm³/mol. The number of hydrogen-bond donors (Lipinski definition) is 1. The average molecular weight is 463 g/mol. The Bertz CT molecular complexity index is 1230. The lowest BCUT2D eigenvalue weighted by Crippen LogP contribution is -2.24. The van der Waals surface area contributed by atoms with Crippen molar-refractivity contribution in [1.82, 2.24) is 5.43 Å². The van der Waals surface area contributed by atoms with E-state index >= 15 is 0 Å². The van der Waals surface area contributed by atoms with E-state index in [1.54, 1.807) is 61.5 Å². The average Bonchev–Trinajstić information content (AvgIpc) is 2.84. The maximum atomic E-state index is 12.3. The zero-order valence-electron chi connectivity index (χ0n) is 18.4. The van der Waals surface area contributed by atoms with Crippen molar-refractivity contribution in [2.24, 2.45) is 5.10 Å². The highest BCUT2D eigenvalue weighted by Gasteiger charge is 2.16. The predicted octanol–water partition coefficient (Wildman–Crippen LogP) is 3.66. The Morgan fingerprint density at radius 1 is 1.03 bits per heavy atom. The van der Waals surface area contributed by atoms with Crippen molar-refractivity contribution in [1.29, 1.82) is 0 Å². The summed E-state index contributed by atoms with van der Waals surface area (Å²) in [6, 6.07) is 17.7. The Balaban J connectivity index is 1.58. The number of nitrogens with one attached hydrogen (secondary N) is 1. The molecule has 3 rings (SSSR count). The molecule has 0 bridgehead atoms. The highest BCUT2D eigenvalue weighted by molar-refractivity contribution is 5.91. The van der Waals surface area contributed by atoms with E-state index < -0.39 is 23.4 Å². The maximum Gasteiger partial charge on any atom is 0.343 e. The van der Waals surface area contributed by atoms with E-state index in [9.17, 15) is 19.7 Å². The molecular formula is C24H21N3O7. The van der Waals surface area contributed by atoms with Gasteiger partial charge in [-0.2, -0.15) is 5.10 Å². The van der Waals surface area contributed by atoms with E-state index in [4.69, 9.17) is 14.2 Å². The number of hydrazone groups is 1. The van der Waals surface area contributed by atoms with Gasteiger partial charge in [-0.15, -0.1) is 0 Å². The third-order valence-corrected chi connectivity index (χ3v) is 4.47. The number of amides is 1. The summed E-state index contributed by atoms with van der Waals surface area (Å²) in [7, 11) is 1.43. The number of ether oxygens (including phenoxy) is 3. The normalized spacial score (nSPS) is 10.5. The van der Waals surface area contributed by atoms with Gasteiger partial charge in [0.15, 0.2) is 23.9 Å². The fourth-order valence-electron chi connectivity index (χ4n) is 2.83. The van der Waals surface area contributed by atoms with Crippen molar-refractivity contribution in [3.8, 4) is 17.2 Å². The summed E-state index contributed by atoms with van der Waals surface area (Å²) in [4.78, 5) is 34.8. The summed E-state index contributed by atoms with van der Waals surface area (Å²) < 4.78 is 15.9. The number of nitro groups is 1. The van der Waals surface area contributed by atoms with E-state index in [1.807, 2.05) is 0 Å². The number of benzene rings is 3. The Morgan fingerprint density at radius 2 is 1.76 bits per heavy atom. The molecule has 0 saturated heterocycles. The topological polar surface area (TPSA) is 129 Å². The highest BCUT2D eigenvalue weighted by atomic mass is 16.6. The molecule has 0 aliphatic rings. The van der Waals surface area contributed by atoms with Crippen LogP contribution in [0.3, 0.4) is 0 Å². The molecule has 0 aliphatic carbocycles. The van der Waals surface area contributed by atoms with Crippen LogP contribution in [0.4, 0.5) is 5.69 Å². The van der Waals surface area contributed by atoms with Gasteiger partial charge in [0.25, 0.3) is 5.91 Å². The van der Waals surface area contributed by atoms with Gasteiger partial charge < -0.3 is 14.2 Å². The minimum Gasteiger partial charge on any atom is -0.493 e. The van der Waals surface area contributed by atoms with Gasteiger partial charge in [-0.25, -0.2) is 10.2 Å². The van der Waals surface area contributed by atoms with E-state index in [1.165, 1.54) is 25.5 Å². The zero-order valence-corrected chi connectivity index (χ0v) is 18.4. The lowest BCUT2D eigenvalue weighted by atomic mass is 10.2. The van der Waals surface area contributed by atoms with Gasteiger partial charge in [0.05, 0.1) is 23.8 Å². The number of esters is 1. The van der Waals surface area contributed by atoms with Gasteiger partial charge in [0.2, 0.25) is 0 Å². The molecule has 0 atom stereocenters. The smallest absolute Gasteiger partial charge is 0.343 e. The molecule has 3 aromatic carbocycles. The first kappa shape index (κ1) is 23.9. The maximum absolute atomic E-state index is 12.3. The number of nitrogens with zero attached hydrogens (tertiary/aromatic N) is 2. The van der Waals surface area contributed by atoms with E-state index in [-0.39, 0.29) is 17.2 Å². The van der Waals surface area contributed by atoms with Gasteiger partial charge in [-0.1, -0.05) is 24.3 Å². The summed E-state index contributed by atoms with van der Waals surface area (Å²) in [6.45, 7) is 1.26. The zero-order chi connectivity index (χ0) is 24.5. The van der Waals surface area contributed by atoms with Gasteiger partial charge in [0.1, 0.15) is 0 Å². The second-order valence-electron chi connectivity index (χ2n) is 6.98. The standard InChI is InChI=1S/C24H21N3O7/c1-16-8-10-20(19(12-16)27(30)31)33-15-23(28)26-25-14-17-9-11-21(22(13-17)32-2)34-24(29)18-6-4-3-5-7-18/h3-14H,15H2,1-2H3,(H,26,28)/b25-14+. The van der Waals surface area contributed by atoms with Crippen LogP contribution in [0.5, 0.6) is 17.2 Å². The minimum absolute atomic E-state index is 0.0138. The molecule has 10 heteroatoms. The summed E-state index contributed by atoms with van der Waals surface area (Å²) in [5, 5.41) is 15.0. The summed E-state index contributed by atoms with van der Waals surface area (Å²) in [5.41, 5.74) is 3.71. The molecule has 10 nitrogen and oxygen atoms in total. The van der Waals surface area contributed by atoms with Crippen molar-refractivity contribution in [2.75, 3.05) is 13.7 Å². The number of aryl methyl sites for hydroxylation is 1. The fraction of sp³-hybridized carbons (Fsp3) is 0.125. The van der Waals surface area contributed by atoms with E-state index in [2.05, 4.69) is 10.5 Å². The molecule has 0 aromatic heterocycles. The van der Waals surface area contributed by atoms with Crippen LogP contribution < -0.4 is 19.6 Å². The monoisotopic (exact) mass is 463 g/mol. The largest absolute Gasteiger partial charge is 0.493 e. The van der Waals surface area contributed by atoms with Crippen LogP contribution in [0.2, 0.25) is 0 Å². The van der Waals surface area contributed by atoms with Crippen molar-refractivity contribution >= 4 is 23.8 Å². The molecular weight excluding hydrogens is 442 g/mol. The van der Waals surface area contributed by atoms with Gasteiger partial charge in [0, 0.05) is 6.07 Å². The van der Waals surface area contributed by atoms with E-state index in [0.29, 0.717) is 22.4 Å². The highest BCUT2D eigenvalue weighted by Crippen LogP contribution is 2.29. The van der Waals surface area contributed by atoms with Crippen molar-refractivity contribution < 1.29 is 28.7 Å². The minimum atomic E-state index is -0.605. The number of carbonyl (C=O) groups excluding carboxylic acids is 2. The molecule has 0 spiro atoms. The molecule has 3 aromatic rings. The first-order chi connectivity index (χ1) is 16.4. The number of nitro benzene ring substituents is 1. The van der Waals surface area contributed by atoms with Crippen LogP contribution >= 0.6 is 0 Å². The molecule has 0 saturated carbocycles. The molecule has 34 heavy (non-hydrogen) atoms. The third-order valence-electron chi connectivity index (χ3n) is 4.47. The molecule has 0 unspecified atom stereocenters. The molecule has 0 radical (unpaired) electrons. The van der Waals surface area contributed by atoms with Gasteiger partial charge in [-0.3, -0.25) is 14.9 Å². The Labute approximate surface area is 194 Å². The second-order valence-corrected chi connectivity index (χ2v) is 6.98. The first-order valence-electron chi connectivity index (χ1n) is 10.0. The van der Waals surface area contributed by atoms with Crippen LogP contribution in [0, 0.1) is 17.0 Å². The van der Waals surface area contributed by atoms with Crippen LogP contribution in [-0.2, 0) is 4.79 Å². The molecule has 0 aliphatic heterocycles. The lowest BCUT2D eigenvalue weighted by molar-refractivity contribution is -0.385. The molecule has 0 heterocycles. The quantitative estimate of drug-likeness (QED) is 0.169. The fourth-order valence-corrected chi connectivity index (χ4v) is 2.83. The summed E-state index contributed by atoms with van der Waals surface area (Å²) in [6.07, 6.45) is 1.36. The SMILES string of the molecule is COc1cc(/C=N/NC(=O)COc2ccc(C)cc2[N+](=O)[O-])ccc1OC(=O)c1ccccc1. The van der Waals surface area contributed by atoms with Gasteiger partial charge >= 0.3 is 11.7 Å². The van der Waals surface area contributed by atoms with Crippen LogP contribution in [0.15, 0.2) is 71.8 Å². The van der Waals surface area contributed by atoms with Crippen LogP contribution in [-0.4, -0.2) is 36.7 Å². The lowest BCUT2D eigenvalue weighted by Gasteiger charge is -2.10. The Hall–Kier alpha value is -4.73. The van der Waals surface area contributed by atoms with Crippen molar-refractivity contribution in [2.45, 2.75) is 6.92 Å².